The van der Waals surface area contributed by atoms with Crippen molar-refractivity contribution in [1.29, 1.82) is 0 Å². The van der Waals surface area contributed by atoms with Gasteiger partial charge in [-0.25, -0.2) is 4.39 Å². The number of nitrogens with one attached hydrogen (secondary N) is 2. The second-order valence-electron chi connectivity index (χ2n) is 5.29. The Morgan fingerprint density at radius 2 is 2.33 bits per heavy atom. The second-order valence-corrected chi connectivity index (χ2v) is 5.29. The van der Waals surface area contributed by atoms with Crippen LogP contribution in [0, 0.1) is 21.3 Å². The number of nitro benzene ring substituents is 1. The number of nitro groups is 1. The number of piperidine rings is 1. The van der Waals surface area contributed by atoms with E-state index in [1.165, 1.54) is 0 Å². The largest absolute Gasteiger partial charge is 0.320 e. The van der Waals surface area contributed by atoms with Gasteiger partial charge in [-0.3, -0.25) is 14.9 Å². The number of hydrogen-bond acceptors (Lipinski definition) is 4. The summed E-state index contributed by atoms with van der Waals surface area (Å²) in [4.78, 5) is 22.8. The monoisotopic (exact) mass is 295 g/mol. The first kappa shape index (κ1) is 15.4. The van der Waals surface area contributed by atoms with Crippen LogP contribution in [-0.2, 0) is 4.79 Å². The first-order chi connectivity index (χ1) is 9.98. The second kappa shape index (κ2) is 6.17. The standard InChI is InChI=1S/C14H18FN3O3/c1-2-14(6-3-7-16-9-14)13(19)17-11-8-10(15)4-5-12(11)18(20)21/h4-5,8,16H,2-3,6-7,9H2,1H3,(H,17,19). The summed E-state index contributed by atoms with van der Waals surface area (Å²) in [6, 6.07) is 3.05. The van der Waals surface area contributed by atoms with Crippen LogP contribution in [0.4, 0.5) is 15.8 Å². The third-order valence-corrected chi connectivity index (χ3v) is 4.03. The number of nitrogens with zero attached hydrogens (tertiary/aromatic N) is 1. The Hall–Kier alpha value is -2.02. The SMILES string of the molecule is CCC1(C(=O)Nc2cc(F)ccc2[N+](=O)[O-])CCCNC1. The average molecular weight is 295 g/mol. The summed E-state index contributed by atoms with van der Waals surface area (Å²) >= 11 is 0. The van der Waals surface area contributed by atoms with E-state index in [1.807, 2.05) is 6.92 Å². The van der Waals surface area contributed by atoms with Gasteiger partial charge in [0.2, 0.25) is 5.91 Å². The van der Waals surface area contributed by atoms with Gasteiger partial charge in [0.05, 0.1) is 10.3 Å². The van der Waals surface area contributed by atoms with E-state index in [1.54, 1.807) is 0 Å². The Balaban J connectivity index is 2.26. The molecule has 1 aromatic carbocycles. The molecule has 0 radical (unpaired) electrons. The third-order valence-electron chi connectivity index (χ3n) is 4.03. The maximum atomic E-state index is 13.3. The zero-order chi connectivity index (χ0) is 15.5. The van der Waals surface area contributed by atoms with Crippen molar-refractivity contribution in [1.82, 2.24) is 5.32 Å². The molecular weight excluding hydrogens is 277 g/mol. The summed E-state index contributed by atoms with van der Waals surface area (Å²) in [6.07, 6.45) is 2.20. The predicted molar refractivity (Wildman–Crippen MR) is 76.5 cm³/mol. The molecule has 114 valence electrons. The zero-order valence-corrected chi connectivity index (χ0v) is 11.8. The van der Waals surface area contributed by atoms with Crippen LogP contribution in [0.15, 0.2) is 18.2 Å². The lowest BCUT2D eigenvalue weighted by atomic mass is 9.77. The highest BCUT2D eigenvalue weighted by atomic mass is 19.1. The van der Waals surface area contributed by atoms with Gasteiger partial charge in [0.1, 0.15) is 11.5 Å². The molecule has 1 aliphatic heterocycles. The molecule has 0 spiro atoms. The number of carbonyl (C=O) groups is 1. The van der Waals surface area contributed by atoms with Crippen LogP contribution in [0.3, 0.4) is 0 Å². The Labute approximate surface area is 121 Å². The maximum Gasteiger partial charge on any atom is 0.292 e. The fraction of sp³-hybridized carbons (Fsp3) is 0.500. The lowest BCUT2D eigenvalue weighted by Crippen LogP contribution is -2.47. The van der Waals surface area contributed by atoms with Gasteiger partial charge < -0.3 is 10.6 Å². The van der Waals surface area contributed by atoms with E-state index in [9.17, 15) is 19.3 Å². The minimum absolute atomic E-state index is 0.0941. The van der Waals surface area contributed by atoms with Gasteiger partial charge in [-0.1, -0.05) is 6.92 Å². The Bertz CT molecular complexity index is 556. The quantitative estimate of drug-likeness (QED) is 0.660. The molecule has 0 aromatic heterocycles. The first-order valence-corrected chi connectivity index (χ1v) is 6.94. The highest BCUT2D eigenvalue weighted by Crippen LogP contribution is 2.33. The molecule has 7 heteroatoms. The van der Waals surface area contributed by atoms with Crippen molar-refractivity contribution in [2.45, 2.75) is 26.2 Å². The van der Waals surface area contributed by atoms with E-state index in [2.05, 4.69) is 10.6 Å². The van der Waals surface area contributed by atoms with Gasteiger partial charge in [0, 0.05) is 18.7 Å². The molecule has 1 heterocycles. The van der Waals surface area contributed by atoms with Crippen molar-refractivity contribution in [3.05, 3.63) is 34.1 Å². The summed E-state index contributed by atoms with van der Waals surface area (Å²) in [5.74, 6) is -0.922. The lowest BCUT2D eigenvalue weighted by molar-refractivity contribution is -0.384. The molecule has 0 aliphatic carbocycles. The van der Waals surface area contributed by atoms with Gasteiger partial charge in [0.25, 0.3) is 5.69 Å². The van der Waals surface area contributed by atoms with Crippen molar-refractivity contribution in [3.63, 3.8) is 0 Å². The van der Waals surface area contributed by atoms with Crippen LogP contribution in [-0.4, -0.2) is 23.9 Å². The molecule has 0 bridgehead atoms. The fourth-order valence-corrected chi connectivity index (χ4v) is 2.65. The smallest absolute Gasteiger partial charge is 0.292 e. The van der Waals surface area contributed by atoms with E-state index in [0.717, 1.165) is 31.2 Å². The molecule has 6 nitrogen and oxygen atoms in total. The molecule has 1 saturated heterocycles. The summed E-state index contributed by atoms with van der Waals surface area (Å²) in [5, 5.41) is 16.7. The molecule has 1 amide bonds. The van der Waals surface area contributed by atoms with Gasteiger partial charge in [-0.05, 0) is 31.9 Å². The van der Waals surface area contributed by atoms with Crippen LogP contribution in [0.1, 0.15) is 26.2 Å². The van der Waals surface area contributed by atoms with Crippen molar-refractivity contribution in [2.75, 3.05) is 18.4 Å². The molecule has 1 aliphatic rings. The van der Waals surface area contributed by atoms with Crippen LogP contribution >= 0.6 is 0 Å². The Morgan fingerprint density at radius 3 is 2.90 bits per heavy atom. The van der Waals surface area contributed by atoms with Gasteiger partial charge >= 0.3 is 0 Å². The van der Waals surface area contributed by atoms with Crippen molar-refractivity contribution >= 4 is 17.3 Å². The molecule has 1 atom stereocenters. The number of anilines is 1. The number of carbonyl (C=O) groups excluding carboxylic acids is 1. The Kier molecular flexibility index (Phi) is 4.52. The van der Waals surface area contributed by atoms with Gasteiger partial charge in [-0.15, -0.1) is 0 Å². The van der Waals surface area contributed by atoms with Crippen LogP contribution in [0.2, 0.25) is 0 Å². The van der Waals surface area contributed by atoms with E-state index in [4.69, 9.17) is 0 Å². The minimum atomic E-state index is -0.632. The van der Waals surface area contributed by atoms with Crippen LogP contribution < -0.4 is 10.6 Å². The summed E-state index contributed by atoms with van der Waals surface area (Å²) < 4.78 is 13.3. The molecule has 1 aromatic rings. The molecule has 1 fully saturated rings. The summed E-state index contributed by atoms with van der Waals surface area (Å²) in [7, 11) is 0. The lowest BCUT2D eigenvalue weighted by Gasteiger charge is -2.35. The first-order valence-electron chi connectivity index (χ1n) is 6.94. The summed E-state index contributed by atoms with van der Waals surface area (Å²) in [6.45, 7) is 3.29. The maximum absolute atomic E-state index is 13.3. The van der Waals surface area contributed by atoms with E-state index in [0.29, 0.717) is 19.4 Å². The van der Waals surface area contributed by atoms with E-state index >= 15 is 0 Å². The number of amides is 1. The van der Waals surface area contributed by atoms with Crippen molar-refractivity contribution < 1.29 is 14.1 Å². The van der Waals surface area contributed by atoms with Crippen LogP contribution in [0.5, 0.6) is 0 Å². The zero-order valence-electron chi connectivity index (χ0n) is 11.8. The van der Waals surface area contributed by atoms with Crippen molar-refractivity contribution in [2.24, 2.45) is 5.41 Å². The van der Waals surface area contributed by atoms with Gasteiger partial charge in [-0.2, -0.15) is 0 Å². The van der Waals surface area contributed by atoms with Crippen molar-refractivity contribution in [3.8, 4) is 0 Å². The van der Waals surface area contributed by atoms with Crippen LogP contribution in [0.25, 0.3) is 0 Å². The highest BCUT2D eigenvalue weighted by Gasteiger charge is 2.38. The molecule has 2 N–H and O–H groups in total. The Morgan fingerprint density at radius 1 is 1.57 bits per heavy atom. The minimum Gasteiger partial charge on any atom is -0.320 e. The summed E-state index contributed by atoms with van der Waals surface area (Å²) in [5.41, 5.74) is -0.999. The normalized spacial score (nSPS) is 21.8. The molecule has 21 heavy (non-hydrogen) atoms. The third kappa shape index (κ3) is 3.18. The molecular formula is C14H18FN3O3. The van der Waals surface area contributed by atoms with E-state index in [-0.39, 0.29) is 17.3 Å². The molecule has 0 saturated carbocycles. The average Bonchev–Trinajstić information content (AvgIpc) is 2.47. The fourth-order valence-electron chi connectivity index (χ4n) is 2.65. The topological polar surface area (TPSA) is 84.3 Å². The number of rotatable bonds is 4. The van der Waals surface area contributed by atoms with Gasteiger partial charge in [0.15, 0.2) is 0 Å². The number of hydrogen-bond donors (Lipinski definition) is 2. The number of benzene rings is 1. The van der Waals surface area contributed by atoms with E-state index < -0.39 is 16.2 Å². The highest BCUT2D eigenvalue weighted by molar-refractivity contribution is 5.97. The predicted octanol–water partition coefficient (Wildman–Crippen LogP) is 2.45. The molecule has 1 unspecified atom stereocenters. The number of halogens is 1. The molecule has 2 rings (SSSR count).